The van der Waals surface area contributed by atoms with Crippen molar-refractivity contribution in [1.82, 2.24) is 16.3 Å². The van der Waals surface area contributed by atoms with Gasteiger partial charge in [-0.1, -0.05) is 42.0 Å². The second kappa shape index (κ2) is 6.04. The smallest absolute Gasteiger partial charge is 0.286 e. The number of hydrogen-bond donors (Lipinski definition) is 3. The van der Waals surface area contributed by atoms with Crippen LogP contribution in [0.2, 0.25) is 0 Å². The molecule has 0 fully saturated rings. The first-order valence-corrected chi connectivity index (χ1v) is 5.00. The molecule has 1 rings (SSSR count). The number of hydroxylamine groups is 1. The maximum atomic E-state index is 11.0. The van der Waals surface area contributed by atoms with Crippen LogP contribution in [0.1, 0.15) is 11.1 Å². The Morgan fingerprint density at radius 3 is 2.44 bits per heavy atom. The zero-order valence-corrected chi connectivity index (χ0v) is 9.85. The van der Waals surface area contributed by atoms with Crippen molar-refractivity contribution in [2.45, 2.75) is 6.92 Å². The summed E-state index contributed by atoms with van der Waals surface area (Å²) in [6, 6.07) is 7.12. The van der Waals surface area contributed by atoms with Crippen LogP contribution in [0.15, 0.2) is 24.3 Å². The third kappa shape index (κ3) is 3.84. The van der Waals surface area contributed by atoms with Crippen LogP contribution in [0, 0.1) is 6.92 Å². The van der Waals surface area contributed by atoms with Crippen LogP contribution in [-0.2, 0) is 4.84 Å². The van der Waals surface area contributed by atoms with E-state index < -0.39 is 6.03 Å². The summed E-state index contributed by atoms with van der Waals surface area (Å²) >= 11 is 5.07. The summed E-state index contributed by atoms with van der Waals surface area (Å²) in [5.74, 6) is 0. The number of thiocarbonyl (C=S) groups is 1. The average Bonchev–Trinajstić information content (AvgIpc) is 2.27. The SMILES string of the molecule is CONC(=O)NNC(=S)c1ccc(C)cc1. The molecule has 0 atom stereocenters. The lowest BCUT2D eigenvalue weighted by Gasteiger charge is -2.09. The van der Waals surface area contributed by atoms with Gasteiger partial charge in [-0.3, -0.25) is 10.3 Å². The molecule has 86 valence electrons. The molecule has 1 aromatic rings. The summed E-state index contributed by atoms with van der Waals surface area (Å²) in [6.07, 6.45) is 0. The van der Waals surface area contributed by atoms with Crippen LogP contribution >= 0.6 is 12.2 Å². The van der Waals surface area contributed by atoms with Crippen LogP contribution < -0.4 is 16.3 Å². The minimum absolute atomic E-state index is 0.436. The van der Waals surface area contributed by atoms with Gasteiger partial charge >= 0.3 is 6.03 Å². The molecule has 0 radical (unpaired) electrons. The molecule has 0 heterocycles. The Kier molecular flexibility index (Phi) is 4.68. The lowest BCUT2D eigenvalue weighted by molar-refractivity contribution is 0.106. The highest BCUT2D eigenvalue weighted by Crippen LogP contribution is 2.02. The Morgan fingerprint density at radius 1 is 1.25 bits per heavy atom. The molecule has 0 spiro atoms. The number of nitrogens with one attached hydrogen (secondary N) is 3. The highest BCUT2D eigenvalue weighted by atomic mass is 32.1. The number of hydrazine groups is 1. The molecule has 0 aliphatic carbocycles. The molecular formula is C10H13N3O2S. The van der Waals surface area contributed by atoms with Crippen molar-refractivity contribution < 1.29 is 9.63 Å². The predicted octanol–water partition coefficient (Wildman–Crippen LogP) is 1.04. The molecule has 0 saturated heterocycles. The van der Waals surface area contributed by atoms with Crippen molar-refractivity contribution in [2.24, 2.45) is 0 Å². The van der Waals surface area contributed by atoms with Crippen LogP contribution in [0.3, 0.4) is 0 Å². The normalized spacial score (nSPS) is 9.38. The summed E-state index contributed by atoms with van der Waals surface area (Å²) in [5.41, 5.74) is 8.99. The minimum atomic E-state index is -0.517. The number of benzene rings is 1. The zero-order valence-electron chi connectivity index (χ0n) is 9.03. The predicted molar refractivity (Wildman–Crippen MR) is 64.7 cm³/mol. The highest BCUT2D eigenvalue weighted by molar-refractivity contribution is 7.80. The number of rotatable bonds is 2. The molecule has 16 heavy (non-hydrogen) atoms. The molecule has 0 bridgehead atoms. The fourth-order valence-corrected chi connectivity index (χ4v) is 1.20. The Morgan fingerprint density at radius 2 is 1.88 bits per heavy atom. The first kappa shape index (κ1) is 12.4. The van der Waals surface area contributed by atoms with E-state index in [-0.39, 0.29) is 0 Å². The van der Waals surface area contributed by atoms with E-state index in [0.29, 0.717) is 4.99 Å². The second-order valence-electron chi connectivity index (χ2n) is 3.08. The van der Waals surface area contributed by atoms with Gasteiger partial charge in [0.25, 0.3) is 0 Å². The van der Waals surface area contributed by atoms with Crippen LogP contribution in [0.4, 0.5) is 4.79 Å². The Labute approximate surface area is 99.1 Å². The second-order valence-corrected chi connectivity index (χ2v) is 3.49. The number of carbonyl (C=O) groups excluding carboxylic acids is 1. The van der Waals surface area contributed by atoms with E-state index in [0.717, 1.165) is 11.1 Å². The molecule has 1 aromatic carbocycles. The fourth-order valence-electron chi connectivity index (χ4n) is 1.01. The van der Waals surface area contributed by atoms with Crippen molar-refractivity contribution in [2.75, 3.05) is 7.11 Å². The van der Waals surface area contributed by atoms with Crippen molar-refractivity contribution in [3.05, 3.63) is 35.4 Å². The van der Waals surface area contributed by atoms with Gasteiger partial charge in [-0.2, -0.15) is 0 Å². The first-order chi connectivity index (χ1) is 7.63. The van der Waals surface area contributed by atoms with Gasteiger partial charge in [-0.05, 0) is 6.92 Å². The number of urea groups is 1. The summed E-state index contributed by atoms with van der Waals surface area (Å²) in [5, 5.41) is 0. The van der Waals surface area contributed by atoms with Gasteiger partial charge in [0.1, 0.15) is 4.99 Å². The lowest BCUT2D eigenvalue weighted by Crippen LogP contribution is -2.46. The molecule has 0 aliphatic rings. The molecule has 0 unspecified atom stereocenters. The van der Waals surface area contributed by atoms with Crippen molar-refractivity contribution >= 4 is 23.2 Å². The van der Waals surface area contributed by atoms with E-state index in [1.54, 1.807) is 0 Å². The summed E-state index contributed by atoms with van der Waals surface area (Å²) in [4.78, 5) is 15.8. The zero-order chi connectivity index (χ0) is 12.0. The van der Waals surface area contributed by atoms with E-state index in [1.165, 1.54) is 7.11 Å². The average molecular weight is 239 g/mol. The topological polar surface area (TPSA) is 62.4 Å². The van der Waals surface area contributed by atoms with Crippen molar-refractivity contribution in [3.8, 4) is 0 Å². The Balaban J connectivity index is 2.47. The quantitative estimate of drug-likeness (QED) is 0.533. The monoisotopic (exact) mass is 239 g/mol. The van der Waals surface area contributed by atoms with Crippen LogP contribution in [0.25, 0.3) is 0 Å². The van der Waals surface area contributed by atoms with E-state index >= 15 is 0 Å². The number of aryl methyl sites for hydroxylation is 1. The van der Waals surface area contributed by atoms with Crippen molar-refractivity contribution in [1.29, 1.82) is 0 Å². The van der Waals surface area contributed by atoms with Crippen LogP contribution in [0.5, 0.6) is 0 Å². The van der Waals surface area contributed by atoms with Gasteiger partial charge in [0.05, 0.1) is 7.11 Å². The van der Waals surface area contributed by atoms with Gasteiger partial charge < -0.3 is 0 Å². The number of hydrogen-bond acceptors (Lipinski definition) is 3. The summed E-state index contributed by atoms with van der Waals surface area (Å²) in [6.45, 7) is 1.99. The molecule has 0 aliphatic heterocycles. The summed E-state index contributed by atoms with van der Waals surface area (Å²) < 4.78 is 0. The van der Waals surface area contributed by atoms with E-state index in [4.69, 9.17) is 12.2 Å². The fraction of sp³-hybridized carbons (Fsp3) is 0.200. The molecule has 2 amide bonds. The molecular weight excluding hydrogens is 226 g/mol. The Hall–Kier alpha value is -1.66. The van der Waals surface area contributed by atoms with Gasteiger partial charge in [-0.15, -0.1) is 0 Å². The largest absolute Gasteiger partial charge is 0.357 e. The van der Waals surface area contributed by atoms with Gasteiger partial charge in [0, 0.05) is 5.56 Å². The molecule has 5 nitrogen and oxygen atoms in total. The maximum Gasteiger partial charge on any atom is 0.357 e. The van der Waals surface area contributed by atoms with Gasteiger partial charge in [-0.25, -0.2) is 15.7 Å². The highest BCUT2D eigenvalue weighted by Gasteiger charge is 2.02. The third-order valence-electron chi connectivity index (χ3n) is 1.80. The van der Waals surface area contributed by atoms with Gasteiger partial charge in [0.2, 0.25) is 0 Å². The number of carbonyl (C=O) groups is 1. The molecule has 0 saturated carbocycles. The molecule has 3 N–H and O–H groups in total. The van der Waals surface area contributed by atoms with Crippen LogP contribution in [-0.4, -0.2) is 18.1 Å². The van der Waals surface area contributed by atoms with E-state index in [9.17, 15) is 4.79 Å². The number of amides is 2. The maximum absolute atomic E-state index is 11.0. The van der Waals surface area contributed by atoms with E-state index in [1.807, 2.05) is 31.2 Å². The van der Waals surface area contributed by atoms with Crippen molar-refractivity contribution in [3.63, 3.8) is 0 Å². The summed E-state index contributed by atoms with van der Waals surface area (Å²) in [7, 11) is 1.35. The first-order valence-electron chi connectivity index (χ1n) is 4.59. The third-order valence-corrected chi connectivity index (χ3v) is 2.14. The molecule has 0 aromatic heterocycles. The minimum Gasteiger partial charge on any atom is -0.286 e. The van der Waals surface area contributed by atoms with Gasteiger partial charge in [0.15, 0.2) is 0 Å². The Bertz CT molecular complexity index is 378. The lowest BCUT2D eigenvalue weighted by atomic mass is 10.1. The standard InChI is InChI=1S/C10H13N3O2S/c1-7-3-5-8(6-4-7)9(16)11-12-10(14)13-15-2/h3-6H,1-2H3,(H,11,16)(H2,12,13,14). The molecule has 6 heteroatoms. The van der Waals surface area contributed by atoms with E-state index in [2.05, 4.69) is 21.2 Å².